The van der Waals surface area contributed by atoms with Gasteiger partial charge in [0.25, 0.3) is 0 Å². The molecule has 0 saturated heterocycles. The van der Waals surface area contributed by atoms with Crippen LogP contribution in [0.2, 0.25) is 0 Å². The standard InChI is InChI=1S/C14H25N3O2S2/c1-3-15-11-13-7-8-14(20-13)21(18,19)16-9-10-17(4-2)12-5-6-12/h7-8,12,15-16H,3-6,9-11H2,1-2H3. The average molecular weight is 332 g/mol. The van der Waals surface area contributed by atoms with E-state index >= 15 is 0 Å². The van der Waals surface area contributed by atoms with E-state index in [-0.39, 0.29) is 0 Å². The Labute approximate surface area is 131 Å². The number of hydrogen-bond donors (Lipinski definition) is 2. The van der Waals surface area contributed by atoms with Crippen LogP contribution in [0.4, 0.5) is 0 Å². The summed E-state index contributed by atoms with van der Waals surface area (Å²) in [6.45, 7) is 8.01. The summed E-state index contributed by atoms with van der Waals surface area (Å²) in [5.74, 6) is 0. The van der Waals surface area contributed by atoms with Crippen LogP contribution in [0.1, 0.15) is 31.6 Å². The van der Waals surface area contributed by atoms with Crippen molar-refractivity contribution in [2.24, 2.45) is 0 Å². The molecule has 0 bridgehead atoms. The minimum atomic E-state index is -3.36. The molecule has 1 aliphatic carbocycles. The molecule has 5 nitrogen and oxygen atoms in total. The Balaban J connectivity index is 1.84. The van der Waals surface area contributed by atoms with Crippen molar-refractivity contribution in [1.29, 1.82) is 0 Å². The number of likely N-dealkylation sites (N-methyl/N-ethyl adjacent to an activating group) is 1. The maximum atomic E-state index is 12.2. The van der Waals surface area contributed by atoms with Gasteiger partial charge in [0, 0.05) is 30.6 Å². The summed E-state index contributed by atoms with van der Waals surface area (Å²) in [5.41, 5.74) is 0. The molecular formula is C14H25N3O2S2. The molecule has 0 aliphatic heterocycles. The molecule has 0 spiro atoms. The quantitative estimate of drug-likeness (QED) is 0.684. The van der Waals surface area contributed by atoms with Gasteiger partial charge in [-0.2, -0.15) is 0 Å². The Bertz CT molecular complexity index is 538. The van der Waals surface area contributed by atoms with Gasteiger partial charge in [-0.25, -0.2) is 13.1 Å². The molecule has 0 amide bonds. The van der Waals surface area contributed by atoms with Gasteiger partial charge >= 0.3 is 0 Å². The zero-order chi connectivity index (χ0) is 15.3. The van der Waals surface area contributed by atoms with Crippen LogP contribution in [0, 0.1) is 0 Å². The summed E-state index contributed by atoms with van der Waals surface area (Å²) in [4.78, 5) is 3.39. The molecule has 2 N–H and O–H groups in total. The van der Waals surface area contributed by atoms with Gasteiger partial charge in [0.1, 0.15) is 4.21 Å². The normalized spacial score (nSPS) is 15.8. The summed E-state index contributed by atoms with van der Waals surface area (Å²) in [5, 5.41) is 3.20. The summed E-state index contributed by atoms with van der Waals surface area (Å²) in [6, 6.07) is 4.25. The molecular weight excluding hydrogens is 306 g/mol. The van der Waals surface area contributed by atoms with Crippen molar-refractivity contribution in [3.05, 3.63) is 17.0 Å². The molecule has 2 rings (SSSR count). The second-order valence-corrected chi connectivity index (χ2v) is 8.42. The first-order chi connectivity index (χ1) is 10.1. The first-order valence-corrected chi connectivity index (χ1v) is 9.90. The Hall–Kier alpha value is -0.470. The number of thiophene rings is 1. The first-order valence-electron chi connectivity index (χ1n) is 7.60. The maximum Gasteiger partial charge on any atom is 0.250 e. The van der Waals surface area contributed by atoms with Crippen LogP contribution in [0.15, 0.2) is 16.3 Å². The predicted molar refractivity (Wildman–Crippen MR) is 87.2 cm³/mol. The SMILES string of the molecule is CCNCc1ccc(S(=O)(=O)NCCN(CC)C2CC2)s1. The van der Waals surface area contributed by atoms with Crippen molar-refractivity contribution < 1.29 is 8.42 Å². The van der Waals surface area contributed by atoms with Gasteiger partial charge in [-0.15, -0.1) is 11.3 Å². The van der Waals surface area contributed by atoms with Gasteiger partial charge in [0.2, 0.25) is 10.0 Å². The van der Waals surface area contributed by atoms with Crippen LogP contribution in [0.5, 0.6) is 0 Å². The zero-order valence-electron chi connectivity index (χ0n) is 12.8. The predicted octanol–water partition coefficient (Wildman–Crippen LogP) is 1.62. The molecule has 1 aromatic rings. The molecule has 1 fully saturated rings. The van der Waals surface area contributed by atoms with E-state index in [4.69, 9.17) is 0 Å². The molecule has 7 heteroatoms. The molecule has 0 aromatic carbocycles. The Morgan fingerprint density at radius 3 is 2.71 bits per heavy atom. The highest BCUT2D eigenvalue weighted by molar-refractivity contribution is 7.91. The lowest BCUT2D eigenvalue weighted by Crippen LogP contribution is -2.35. The van der Waals surface area contributed by atoms with Crippen molar-refractivity contribution in [2.75, 3.05) is 26.2 Å². The average Bonchev–Trinajstić information content (AvgIpc) is 3.18. The molecule has 0 unspecified atom stereocenters. The fourth-order valence-corrected chi connectivity index (χ4v) is 4.67. The van der Waals surface area contributed by atoms with Gasteiger partial charge in [-0.05, 0) is 38.1 Å². The molecule has 0 radical (unpaired) electrons. The zero-order valence-corrected chi connectivity index (χ0v) is 14.4. The summed E-state index contributed by atoms with van der Waals surface area (Å²) >= 11 is 1.34. The second kappa shape index (κ2) is 7.69. The van der Waals surface area contributed by atoms with Crippen LogP contribution >= 0.6 is 11.3 Å². The molecule has 0 atom stereocenters. The molecule has 1 saturated carbocycles. The fourth-order valence-electron chi connectivity index (χ4n) is 2.28. The van der Waals surface area contributed by atoms with E-state index < -0.39 is 10.0 Å². The van der Waals surface area contributed by atoms with Crippen LogP contribution in [0.3, 0.4) is 0 Å². The van der Waals surface area contributed by atoms with E-state index in [2.05, 4.69) is 21.9 Å². The molecule has 1 heterocycles. The monoisotopic (exact) mass is 331 g/mol. The lowest BCUT2D eigenvalue weighted by Gasteiger charge is -2.19. The first kappa shape index (κ1) is 16.9. The fraction of sp³-hybridized carbons (Fsp3) is 0.714. The third-order valence-corrected chi connectivity index (χ3v) is 6.65. The van der Waals surface area contributed by atoms with Crippen LogP contribution in [-0.4, -0.2) is 45.5 Å². The number of nitrogens with one attached hydrogen (secondary N) is 2. The third-order valence-electron chi connectivity index (χ3n) is 3.61. The van der Waals surface area contributed by atoms with Crippen molar-refractivity contribution >= 4 is 21.4 Å². The minimum Gasteiger partial charge on any atom is -0.312 e. The highest BCUT2D eigenvalue weighted by Gasteiger charge is 2.27. The number of hydrogen-bond acceptors (Lipinski definition) is 5. The summed E-state index contributed by atoms with van der Waals surface area (Å²) in [7, 11) is -3.36. The highest BCUT2D eigenvalue weighted by Crippen LogP contribution is 2.26. The van der Waals surface area contributed by atoms with Crippen LogP contribution in [-0.2, 0) is 16.6 Å². The van der Waals surface area contributed by atoms with E-state index in [1.54, 1.807) is 6.07 Å². The third kappa shape index (κ3) is 5.03. The number of rotatable bonds is 10. The lowest BCUT2D eigenvalue weighted by molar-refractivity contribution is 0.282. The Morgan fingerprint density at radius 1 is 1.33 bits per heavy atom. The summed E-state index contributed by atoms with van der Waals surface area (Å²) < 4.78 is 27.6. The Kier molecular flexibility index (Phi) is 6.19. The highest BCUT2D eigenvalue weighted by atomic mass is 32.2. The lowest BCUT2D eigenvalue weighted by atomic mass is 10.4. The van der Waals surface area contributed by atoms with Crippen molar-refractivity contribution in [3.63, 3.8) is 0 Å². The van der Waals surface area contributed by atoms with E-state index in [1.165, 1.54) is 24.2 Å². The largest absolute Gasteiger partial charge is 0.312 e. The number of nitrogens with zero attached hydrogens (tertiary/aromatic N) is 1. The topological polar surface area (TPSA) is 61.4 Å². The van der Waals surface area contributed by atoms with Gasteiger partial charge in [-0.3, -0.25) is 4.90 Å². The van der Waals surface area contributed by atoms with E-state index in [9.17, 15) is 8.42 Å². The van der Waals surface area contributed by atoms with Crippen LogP contribution < -0.4 is 10.0 Å². The van der Waals surface area contributed by atoms with E-state index in [0.717, 1.165) is 31.1 Å². The van der Waals surface area contributed by atoms with Gasteiger partial charge in [-0.1, -0.05) is 13.8 Å². The molecule has 1 aromatic heterocycles. The van der Waals surface area contributed by atoms with Crippen LogP contribution in [0.25, 0.3) is 0 Å². The van der Waals surface area contributed by atoms with Gasteiger partial charge in [0.15, 0.2) is 0 Å². The number of sulfonamides is 1. The second-order valence-electron chi connectivity index (χ2n) is 5.26. The van der Waals surface area contributed by atoms with Gasteiger partial charge < -0.3 is 5.32 Å². The molecule has 1 aliphatic rings. The van der Waals surface area contributed by atoms with E-state index in [0.29, 0.717) is 16.8 Å². The van der Waals surface area contributed by atoms with Crippen molar-refractivity contribution in [1.82, 2.24) is 14.9 Å². The smallest absolute Gasteiger partial charge is 0.250 e. The maximum absolute atomic E-state index is 12.2. The Morgan fingerprint density at radius 2 is 2.10 bits per heavy atom. The van der Waals surface area contributed by atoms with E-state index in [1.807, 2.05) is 13.0 Å². The molecule has 120 valence electrons. The van der Waals surface area contributed by atoms with Gasteiger partial charge in [0.05, 0.1) is 0 Å². The van der Waals surface area contributed by atoms with Crippen molar-refractivity contribution in [2.45, 2.75) is 43.5 Å². The summed E-state index contributed by atoms with van der Waals surface area (Å²) in [6.07, 6.45) is 2.50. The minimum absolute atomic E-state index is 0.407. The molecule has 21 heavy (non-hydrogen) atoms. The van der Waals surface area contributed by atoms with Crippen molar-refractivity contribution in [3.8, 4) is 0 Å².